The lowest BCUT2D eigenvalue weighted by Gasteiger charge is -2.19. The van der Waals surface area contributed by atoms with Crippen molar-refractivity contribution < 1.29 is 23.8 Å². The van der Waals surface area contributed by atoms with Gasteiger partial charge in [-0.15, -0.1) is 0 Å². The van der Waals surface area contributed by atoms with Crippen LogP contribution in [0.1, 0.15) is 38.1 Å². The molecule has 3 aromatic heterocycles. The summed E-state index contributed by atoms with van der Waals surface area (Å²) in [6.07, 6.45) is 4.02. The van der Waals surface area contributed by atoms with Gasteiger partial charge in [0, 0.05) is 44.5 Å². The van der Waals surface area contributed by atoms with Gasteiger partial charge in [0.2, 0.25) is 5.43 Å². The van der Waals surface area contributed by atoms with Gasteiger partial charge in [-0.1, -0.05) is 11.6 Å². The summed E-state index contributed by atoms with van der Waals surface area (Å²) in [7, 11) is 3.53. The van der Waals surface area contributed by atoms with E-state index in [1.54, 1.807) is 68.4 Å². The minimum Gasteiger partial charge on any atom is -0.462 e. The molecule has 1 N–H and O–H groups in total. The van der Waals surface area contributed by atoms with Gasteiger partial charge < -0.3 is 23.7 Å². The van der Waals surface area contributed by atoms with Gasteiger partial charge in [0.15, 0.2) is 5.82 Å². The average molecular weight is 597 g/mol. The standard InChI is InChI=1S/C29H33ClN6O6/c1-7-41-27(38)20-17-35(18-8-9-24(31-16-18)32-28(39)42-29(2,3)4)22-15-23(21(30)14-19(22)26(20)37)36-11-10-25(33-36)34(5)12-13-40-6/h8-11,14-17H,7,12-13H2,1-6H3,(H,31,32,39). The highest BCUT2D eigenvalue weighted by Gasteiger charge is 2.21. The molecule has 42 heavy (non-hydrogen) atoms. The Kier molecular flexibility index (Phi) is 9.17. The summed E-state index contributed by atoms with van der Waals surface area (Å²) in [5, 5.41) is 7.69. The van der Waals surface area contributed by atoms with Crippen molar-refractivity contribution in [1.82, 2.24) is 19.3 Å². The SMILES string of the molecule is CCOC(=O)c1cn(-c2ccc(NC(=O)OC(C)(C)C)nc2)c2cc(-n3ccc(N(C)CCOC)n3)c(Cl)cc2c1=O. The Bertz CT molecular complexity index is 1660. The zero-order valence-electron chi connectivity index (χ0n) is 24.3. The number of nitrogens with zero attached hydrogens (tertiary/aromatic N) is 5. The molecule has 0 fully saturated rings. The summed E-state index contributed by atoms with van der Waals surface area (Å²) in [4.78, 5) is 44.6. The molecule has 3 heterocycles. The van der Waals surface area contributed by atoms with Crippen molar-refractivity contribution in [3.05, 3.63) is 69.7 Å². The Morgan fingerprint density at radius 1 is 1.17 bits per heavy atom. The number of pyridine rings is 2. The minimum absolute atomic E-state index is 0.100. The molecule has 0 saturated heterocycles. The van der Waals surface area contributed by atoms with E-state index < -0.39 is 23.1 Å². The van der Waals surface area contributed by atoms with E-state index >= 15 is 0 Å². The predicted molar refractivity (Wildman–Crippen MR) is 160 cm³/mol. The summed E-state index contributed by atoms with van der Waals surface area (Å²) in [5.74, 6) is 0.204. The van der Waals surface area contributed by atoms with Crippen LogP contribution in [0.25, 0.3) is 22.3 Å². The molecular weight excluding hydrogens is 564 g/mol. The number of carbonyl (C=O) groups is 2. The molecule has 4 aromatic rings. The monoisotopic (exact) mass is 596 g/mol. The summed E-state index contributed by atoms with van der Waals surface area (Å²) in [6, 6.07) is 8.33. The number of ether oxygens (including phenoxy) is 3. The molecule has 222 valence electrons. The second-order valence-electron chi connectivity index (χ2n) is 10.3. The Morgan fingerprint density at radius 3 is 2.57 bits per heavy atom. The molecule has 4 rings (SSSR count). The van der Waals surface area contributed by atoms with Crippen LogP contribution in [0.3, 0.4) is 0 Å². The number of rotatable bonds is 9. The number of nitrogens with one attached hydrogen (secondary N) is 1. The quantitative estimate of drug-likeness (QED) is 0.270. The molecule has 0 aliphatic rings. The normalized spacial score (nSPS) is 11.4. The van der Waals surface area contributed by atoms with Gasteiger partial charge in [-0.05, 0) is 52.0 Å². The van der Waals surface area contributed by atoms with E-state index in [0.29, 0.717) is 35.9 Å². The topological polar surface area (TPSA) is 130 Å². The highest BCUT2D eigenvalue weighted by molar-refractivity contribution is 6.33. The Morgan fingerprint density at radius 2 is 1.93 bits per heavy atom. The fourth-order valence-electron chi connectivity index (χ4n) is 4.08. The third-order valence-corrected chi connectivity index (χ3v) is 6.37. The largest absolute Gasteiger partial charge is 0.462 e. The lowest BCUT2D eigenvalue weighted by Crippen LogP contribution is -2.27. The van der Waals surface area contributed by atoms with E-state index in [2.05, 4.69) is 15.4 Å². The van der Waals surface area contributed by atoms with Crippen molar-refractivity contribution in [3.63, 3.8) is 0 Å². The van der Waals surface area contributed by atoms with Gasteiger partial charge in [0.05, 0.1) is 41.3 Å². The summed E-state index contributed by atoms with van der Waals surface area (Å²) >= 11 is 6.67. The summed E-state index contributed by atoms with van der Waals surface area (Å²) in [5.41, 5.74) is 0.121. The minimum atomic E-state index is -0.759. The van der Waals surface area contributed by atoms with Crippen molar-refractivity contribution in [3.8, 4) is 11.4 Å². The lowest BCUT2D eigenvalue weighted by molar-refractivity contribution is 0.0523. The average Bonchev–Trinajstić information content (AvgIpc) is 3.42. The van der Waals surface area contributed by atoms with Crippen LogP contribution < -0.4 is 15.6 Å². The molecule has 0 radical (unpaired) electrons. The molecule has 13 heteroatoms. The van der Waals surface area contributed by atoms with Crippen molar-refractivity contribution in [2.24, 2.45) is 0 Å². The molecule has 0 unspecified atom stereocenters. The van der Waals surface area contributed by atoms with Crippen molar-refractivity contribution in [1.29, 1.82) is 0 Å². The molecule has 12 nitrogen and oxygen atoms in total. The number of amides is 1. The number of methoxy groups -OCH3 is 1. The first-order chi connectivity index (χ1) is 19.9. The zero-order chi connectivity index (χ0) is 30.6. The van der Waals surface area contributed by atoms with Crippen LogP contribution in [-0.4, -0.2) is 70.9 Å². The summed E-state index contributed by atoms with van der Waals surface area (Å²) < 4.78 is 18.8. The van der Waals surface area contributed by atoms with E-state index in [-0.39, 0.29) is 28.4 Å². The van der Waals surface area contributed by atoms with Crippen molar-refractivity contribution >= 4 is 46.2 Å². The maximum Gasteiger partial charge on any atom is 0.413 e. The van der Waals surface area contributed by atoms with Gasteiger partial charge >= 0.3 is 12.1 Å². The lowest BCUT2D eigenvalue weighted by atomic mass is 10.1. The van der Waals surface area contributed by atoms with E-state index in [1.165, 1.54) is 18.5 Å². The molecule has 0 saturated carbocycles. The highest BCUT2D eigenvalue weighted by atomic mass is 35.5. The molecule has 0 atom stereocenters. The van der Waals surface area contributed by atoms with Crippen LogP contribution in [0.2, 0.25) is 5.02 Å². The van der Waals surface area contributed by atoms with Crippen LogP contribution >= 0.6 is 11.6 Å². The van der Waals surface area contributed by atoms with Crippen LogP contribution in [0, 0.1) is 0 Å². The van der Waals surface area contributed by atoms with Crippen LogP contribution in [0.4, 0.5) is 16.4 Å². The van der Waals surface area contributed by atoms with Crippen molar-refractivity contribution in [2.75, 3.05) is 44.1 Å². The number of carbonyl (C=O) groups excluding carboxylic acids is 2. The number of halogens is 1. The number of aromatic nitrogens is 4. The number of hydrogen-bond donors (Lipinski definition) is 1. The first-order valence-corrected chi connectivity index (χ1v) is 13.6. The summed E-state index contributed by atoms with van der Waals surface area (Å²) in [6.45, 7) is 8.22. The number of likely N-dealkylation sites (N-methyl/N-ethyl adjacent to an activating group) is 1. The van der Waals surface area contributed by atoms with Gasteiger partial charge in [0.25, 0.3) is 0 Å². The van der Waals surface area contributed by atoms with Crippen LogP contribution in [0.15, 0.2) is 53.7 Å². The second-order valence-corrected chi connectivity index (χ2v) is 10.8. The van der Waals surface area contributed by atoms with E-state index in [4.69, 9.17) is 25.8 Å². The third-order valence-electron chi connectivity index (χ3n) is 6.07. The molecule has 1 amide bonds. The molecule has 0 spiro atoms. The second kappa shape index (κ2) is 12.6. The maximum absolute atomic E-state index is 13.4. The maximum atomic E-state index is 13.4. The van der Waals surface area contributed by atoms with Crippen molar-refractivity contribution in [2.45, 2.75) is 33.3 Å². The number of anilines is 2. The van der Waals surface area contributed by atoms with Gasteiger partial charge in [0.1, 0.15) is 17.0 Å². The number of esters is 1. The van der Waals surface area contributed by atoms with Crippen LogP contribution in [0.5, 0.6) is 0 Å². The molecule has 1 aromatic carbocycles. The predicted octanol–water partition coefficient (Wildman–Crippen LogP) is 4.83. The molecule has 0 aliphatic carbocycles. The van der Waals surface area contributed by atoms with E-state index in [1.807, 2.05) is 18.0 Å². The number of fused-ring (bicyclic) bond motifs is 1. The highest BCUT2D eigenvalue weighted by Crippen LogP contribution is 2.28. The van der Waals surface area contributed by atoms with Gasteiger partial charge in [-0.3, -0.25) is 10.1 Å². The van der Waals surface area contributed by atoms with Crippen LogP contribution in [-0.2, 0) is 14.2 Å². The number of benzene rings is 1. The third kappa shape index (κ3) is 6.89. The van der Waals surface area contributed by atoms with E-state index in [9.17, 15) is 14.4 Å². The van der Waals surface area contributed by atoms with Gasteiger partial charge in [-0.25, -0.2) is 19.3 Å². The van der Waals surface area contributed by atoms with Gasteiger partial charge in [-0.2, -0.15) is 5.10 Å². The molecular formula is C29H33ClN6O6. The Hall–Kier alpha value is -4.42. The Balaban J connectivity index is 1.81. The first kappa shape index (κ1) is 30.5. The molecule has 0 aliphatic heterocycles. The van der Waals surface area contributed by atoms with E-state index in [0.717, 1.165) is 0 Å². The first-order valence-electron chi connectivity index (χ1n) is 13.2. The smallest absolute Gasteiger partial charge is 0.413 e. The fraction of sp³-hybridized carbons (Fsp3) is 0.345. The zero-order valence-corrected chi connectivity index (χ0v) is 25.1. The number of hydrogen-bond acceptors (Lipinski definition) is 9. The fourth-order valence-corrected chi connectivity index (χ4v) is 4.33. The molecule has 0 bridgehead atoms. The Labute approximate surface area is 247 Å².